The van der Waals surface area contributed by atoms with Crippen molar-refractivity contribution in [2.75, 3.05) is 26.9 Å². The van der Waals surface area contributed by atoms with Crippen LogP contribution in [0, 0.1) is 0 Å². The zero-order chi connectivity index (χ0) is 46.0. The number of ether oxygens (including phenoxy) is 10. The average molecular weight is 894 g/mol. The minimum atomic E-state index is -1.96. The lowest BCUT2D eigenvalue weighted by molar-refractivity contribution is -0.382. The van der Waals surface area contributed by atoms with Crippen LogP contribution < -0.4 is 14.8 Å². The number of hydrogen-bond donors (Lipinski definition) is 7. The van der Waals surface area contributed by atoms with E-state index >= 15 is 0 Å². The van der Waals surface area contributed by atoms with Gasteiger partial charge in [0.1, 0.15) is 79.6 Å². The Balaban J connectivity index is 1.38. The molecule has 21 heteroatoms. The molecule has 7 N–H and O–H groups in total. The molecule has 15 atom stereocenters. The third-order valence-corrected chi connectivity index (χ3v) is 10.3. The molecule has 3 aliphatic rings. The first-order chi connectivity index (χ1) is 29.9. The number of methoxy groups -OCH3 is 1. The Kier molecular flexibility index (Phi) is 17.8. The molecule has 348 valence electrons. The fraction of sp³-hybridized carbons (Fsp3) is 0.571. The SMILES string of the molecule is COc1ccc(/C=C/C(=O)NCCc2ccc(O[C@@H]3O[C@@H](C)[C@H](OC(C)=O)[C@@H](O[C@@H]4O[C@H](COC(C)=O)[C@@H](O)[C@H](O)[C@H]4O)[C@H]3O[C@@H]3O[C@H](COC(C)=O)[C@@H](O)[C@H](O)[C@H]3O)cc2)cc1. The fourth-order valence-corrected chi connectivity index (χ4v) is 6.91. The molecule has 0 bridgehead atoms. The molecule has 21 nitrogen and oxygen atoms in total. The number of amides is 1. The van der Waals surface area contributed by atoms with E-state index in [1.54, 1.807) is 49.6 Å². The average Bonchev–Trinajstić information content (AvgIpc) is 3.25. The van der Waals surface area contributed by atoms with Crippen LogP contribution in [-0.2, 0) is 63.5 Å². The van der Waals surface area contributed by atoms with Crippen molar-refractivity contribution in [2.45, 2.75) is 126 Å². The van der Waals surface area contributed by atoms with Crippen LogP contribution in [0.3, 0.4) is 0 Å². The molecule has 2 aromatic rings. The summed E-state index contributed by atoms with van der Waals surface area (Å²) in [4.78, 5) is 48.1. The quantitative estimate of drug-likeness (QED) is 0.0548. The van der Waals surface area contributed by atoms with Gasteiger partial charge in [0.15, 0.2) is 24.8 Å². The summed E-state index contributed by atoms with van der Waals surface area (Å²) in [6.07, 6.45) is -21.5. The van der Waals surface area contributed by atoms with E-state index in [4.69, 9.17) is 47.4 Å². The Morgan fingerprint density at radius 3 is 1.67 bits per heavy atom. The molecule has 3 heterocycles. The predicted octanol–water partition coefficient (Wildman–Crippen LogP) is -1.37. The second-order valence-electron chi connectivity index (χ2n) is 15.0. The molecule has 3 saturated heterocycles. The van der Waals surface area contributed by atoms with Crippen molar-refractivity contribution < 1.29 is 97.2 Å². The minimum Gasteiger partial charge on any atom is -0.497 e. The molecule has 1 amide bonds. The van der Waals surface area contributed by atoms with E-state index in [1.807, 2.05) is 12.1 Å². The first-order valence-corrected chi connectivity index (χ1v) is 20.1. The van der Waals surface area contributed by atoms with E-state index in [9.17, 15) is 49.8 Å². The maximum absolute atomic E-state index is 12.5. The zero-order valence-electron chi connectivity index (χ0n) is 35.2. The van der Waals surface area contributed by atoms with Gasteiger partial charge in [-0.15, -0.1) is 0 Å². The van der Waals surface area contributed by atoms with Gasteiger partial charge >= 0.3 is 17.9 Å². The van der Waals surface area contributed by atoms with Gasteiger partial charge in [-0.3, -0.25) is 19.2 Å². The van der Waals surface area contributed by atoms with Crippen molar-refractivity contribution in [1.82, 2.24) is 5.32 Å². The highest BCUT2D eigenvalue weighted by Gasteiger charge is 2.56. The molecule has 2 aromatic carbocycles. The van der Waals surface area contributed by atoms with E-state index in [1.165, 1.54) is 13.0 Å². The largest absolute Gasteiger partial charge is 0.497 e. The Morgan fingerprint density at radius 1 is 0.635 bits per heavy atom. The van der Waals surface area contributed by atoms with E-state index < -0.39 is 123 Å². The molecule has 0 saturated carbocycles. The number of hydrogen-bond acceptors (Lipinski definition) is 20. The maximum atomic E-state index is 12.5. The summed E-state index contributed by atoms with van der Waals surface area (Å²) in [5, 5.41) is 67.8. The Bertz CT molecular complexity index is 1850. The van der Waals surface area contributed by atoms with Crippen molar-refractivity contribution in [2.24, 2.45) is 0 Å². The smallest absolute Gasteiger partial charge is 0.303 e. The highest BCUT2D eigenvalue weighted by atomic mass is 16.8. The summed E-state index contributed by atoms with van der Waals surface area (Å²) in [6, 6.07) is 13.8. The third-order valence-electron chi connectivity index (χ3n) is 10.3. The number of benzene rings is 2. The van der Waals surface area contributed by atoms with Crippen LogP contribution in [0.2, 0.25) is 0 Å². The van der Waals surface area contributed by atoms with Gasteiger partial charge in [-0.1, -0.05) is 24.3 Å². The van der Waals surface area contributed by atoms with Gasteiger partial charge in [0.05, 0.1) is 13.2 Å². The summed E-state index contributed by atoms with van der Waals surface area (Å²) in [5.41, 5.74) is 1.62. The highest BCUT2D eigenvalue weighted by Crippen LogP contribution is 2.36. The lowest BCUT2D eigenvalue weighted by Crippen LogP contribution is -2.67. The Morgan fingerprint density at radius 2 is 1.16 bits per heavy atom. The molecule has 0 aromatic heterocycles. The summed E-state index contributed by atoms with van der Waals surface area (Å²) in [5.74, 6) is -1.69. The second-order valence-corrected chi connectivity index (χ2v) is 15.0. The molecule has 0 spiro atoms. The number of carbonyl (C=O) groups excluding carboxylic acids is 4. The normalized spacial score (nSPS) is 33.2. The molecular weight excluding hydrogens is 838 g/mol. The molecule has 5 rings (SSSR count). The number of nitrogens with one attached hydrogen (secondary N) is 1. The van der Waals surface area contributed by atoms with Gasteiger partial charge in [0.25, 0.3) is 0 Å². The van der Waals surface area contributed by atoms with E-state index in [2.05, 4.69) is 5.32 Å². The van der Waals surface area contributed by atoms with Gasteiger partial charge in [-0.2, -0.15) is 0 Å². The Labute approximate surface area is 362 Å². The van der Waals surface area contributed by atoms with Crippen molar-refractivity contribution in [1.29, 1.82) is 0 Å². The van der Waals surface area contributed by atoms with Gasteiger partial charge in [0, 0.05) is 33.4 Å². The van der Waals surface area contributed by atoms with Gasteiger partial charge in [-0.05, 0) is 54.8 Å². The topological polar surface area (TPSA) is 294 Å². The second kappa shape index (κ2) is 22.7. The van der Waals surface area contributed by atoms with Crippen LogP contribution in [0.1, 0.15) is 38.8 Å². The first kappa shape index (κ1) is 49.2. The lowest BCUT2D eigenvalue weighted by atomic mass is 9.96. The van der Waals surface area contributed by atoms with Gasteiger partial charge < -0.3 is 83.3 Å². The number of rotatable bonds is 17. The third kappa shape index (κ3) is 13.4. The first-order valence-electron chi connectivity index (χ1n) is 20.1. The summed E-state index contributed by atoms with van der Waals surface area (Å²) in [6.45, 7) is 4.00. The summed E-state index contributed by atoms with van der Waals surface area (Å²) in [7, 11) is 1.56. The maximum Gasteiger partial charge on any atom is 0.303 e. The number of carbonyl (C=O) groups is 4. The van der Waals surface area contributed by atoms with Crippen molar-refractivity contribution in [3.05, 3.63) is 65.7 Å². The van der Waals surface area contributed by atoms with E-state index in [0.29, 0.717) is 18.7 Å². The minimum absolute atomic E-state index is 0.197. The van der Waals surface area contributed by atoms with Crippen LogP contribution in [0.25, 0.3) is 6.08 Å². The molecule has 0 aliphatic carbocycles. The highest BCUT2D eigenvalue weighted by molar-refractivity contribution is 5.91. The predicted molar refractivity (Wildman–Crippen MR) is 212 cm³/mol. The fourth-order valence-electron chi connectivity index (χ4n) is 6.91. The van der Waals surface area contributed by atoms with Crippen LogP contribution in [0.15, 0.2) is 54.6 Å². The number of esters is 3. The van der Waals surface area contributed by atoms with Crippen LogP contribution >= 0.6 is 0 Å². The zero-order valence-corrected chi connectivity index (χ0v) is 35.2. The van der Waals surface area contributed by atoms with Gasteiger partial charge in [0.2, 0.25) is 12.2 Å². The van der Waals surface area contributed by atoms with Crippen molar-refractivity contribution in [3.8, 4) is 11.5 Å². The lowest BCUT2D eigenvalue weighted by Gasteiger charge is -2.49. The van der Waals surface area contributed by atoms with Crippen molar-refractivity contribution in [3.63, 3.8) is 0 Å². The monoisotopic (exact) mass is 893 g/mol. The van der Waals surface area contributed by atoms with Gasteiger partial charge in [-0.25, -0.2) is 0 Å². The number of aliphatic hydroxyl groups is 6. The van der Waals surface area contributed by atoms with Crippen molar-refractivity contribution >= 4 is 29.9 Å². The molecule has 3 aliphatic heterocycles. The van der Waals surface area contributed by atoms with Crippen LogP contribution in [-0.4, -0.2) is 173 Å². The van der Waals surface area contributed by atoms with E-state index in [-0.39, 0.29) is 11.7 Å². The standard InChI is InChI=1S/C42H55NO20/c1-20-37(58-23(4)46)38(62-40-35(52)33(50)31(48)28(60-40)18-55-21(2)44)39(63-41-36(53)34(51)32(49)29(61-41)19-56-22(3)45)42(57-20)59-27-13-8-25(9-14-27)16-17-43-30(47)15-10-24-6-11-26(54-5)12-7-24/h6-15,20,28-29,31-42,48-53H,16-19H2,1-5H3,(H,43,47)/b15-10+/t20-,28+,29+,31+,32+,33-,34-,35+,36+,37-,38+,39+,40-,41-,42-/m0/s1. The van der Waals surface area contributed by atoms with Crippen LogP contribution in [0.4, 0.5) is 0 Å². The number of aliphatic hydroxyl groups excluding tert-OH is 6. The molecular formula is C42H55NO20. The molecule has 3 fully saturated rings. The summed E-state index contributed by atoms with van der Waals surface area (Å²) < 4.78 is 57.1. The molecule has 0 unspecified atom stereocenters. The molecule has 63 heavy (non-hydrogen) atoms. The summed E-state index contributed by atoms with van der Waals surface area (Å²) >= 11 is 0. The Hall–Kier alpha value is -4.78. The molecule has 0 radical (unpaired) electrons. The van der Waals surface area contributed by atoms with Crippen LogP contribution in [0.5, 0.6) is 11.5 Å². The van der Waals surface area contributed by atoms with E-state index in [0.717, 1.165) is 31.9 Å².